The van der Waals surface area contributed by atoms with Crippen molar-refractivity contribution in [2.45, 2.75) is 19.0 Å². The second-order valence-electron chi connectivity index (χ2n) is 5.33. The molecule has 0 bridgehead atoms. The molecule has 0 unspecified atom stereocenters. The Labute approximate surface area is 138 Å². The van der Waals surface area contributed by atoms with Gasteiger partial charge in [0.2, 0.25) is 5.91 Å². The van der Waals surface area contributed by atoms with Crippen LogP contribution < -0.4 is 11.1 Å². The van der Waals surface area contributed by atoms with Crippen molar-refractivity contribution in [3.8, 4) is 0 Å². The Balaban J connectivity index is 1.67. The minimum atomic E-state index is -0.0809. The van der Waals surface area contributed by atoms with Crippen molar-refractivity contribution in [2.24, 2.45) is 0 Å². The molecule has 0 saturated heterocycles. The van der Waals surface area contributed by atoms with Crippen LogP contribution in [0.4, 0.5) is 11.4 Å². The number of nitrogens with two attached hydrogens (primary N) is 1. The molecule has 2 aromatic heterocycles. The van der Waals surface area contributed by atoms with Crippen molar-refractivity contribution >= 4 is 34.7 Å². The molecule has 23 heavy (non-hydrogen) atoms. The van der Waals surface area contributed by atoms with Gasteiger partial charge in [-0.05, 0) is 37.6 Å². The summed E-state index contributed by atoms with van der Waals surface area (Å²) in [6, 6.07) is 9.50. The topological polar surface area (TPSA) is 85.3 Å². The Kier molecular flexibility index (Phi) is 4.20. The molecule has 0 atom stereocenters. The summed E-state index contributed by atoms with van der Waals surface area (Å²) in [5.74, 6) is 0.172. The van der Waals surface area contributed by atoms with E-state index in [1.54, 1.807) is 22.7 Å². The van der Waals surface area contributed by atoms with Crippen molar-refractivity contribution < 1.29 is 4.79 Å². The molecule has 118 valence electrons. The molecule has 0 aliphatic rings. The molecule has 3 rings (SSSR count). The van der Waals surface area contributed by atoms with Crippen LogP contribution in [-0.4, -0.2) is 26.3 Å². The van der Waals surface area contributed by atoms with Gasteiger partial charge in [-0.3, -0.25) is 9.20 Å². The number of nitrogens with one attached hydrogen (secondary N) is 1. The number of pyridine rings is 1. The van der Waals surface area contributed by atoms with Crippen LogP contribution in [0, 0.1) is 13.8 Å². The van der Waals surface area contributed by atoms with E-state index in [2.05, 4.69) is 15.5 Å². The minimum absolute atomic E-state index is 0.0809. The van der Waals surface area contributed by atoms with E-state index in [1.165, 1.54) is 17.3 Å². The zero-order chi connectivity index (χ0) is 16.4. The third-order valence-corrected chi connectivity index (χ3v) is 4.33. The fourth-order valence-corrected chi connectivity index (χ4v) is 2.97. The van der Waals surface area contributed by atoms with Crippen LogP contribution in [0.1, 0.15) is 11.1 Å². The smallest absolute Gasteiger partial charge is 0.234 e. The Bertz CT molecular complexity index is 874. The highest BCUT2D eigenvalue weighted by atomic mass is 32.2. The van der Waals surface area contributed by atoms with E-state index in [1.807, 2.05) is 32.0 Å². The minimum Gasteiger partial charge on any atom is -0.398 e. The van der Waals surface area contributed by atoms with Gasteiger partial charge in [-0.1, -0.05) is 29.5 Å². The largest absolute Gasteiger partial charge is 0.398 e. The van der Waals surface area contributed by atoms with Gasteiger partial charge in [0.15, 0.2) is 10.8 Å². The van der Waals surface area contributed by atoms with Crippen molar-refractivity contribution in [1.29, 1.82) is 0 Å². The first-order valence-electron chi connectivity index (χ1n) is 7.13. The number of nitrogens with zero attached hydrogens (tertiary/aromatic N) is 3. The molecule has 0 radical (unpaired) electrons. The summed E-state index contributed by atoms with van der Waals surface area (Å²) in [6.07, 6.45) is 1.75. The van der Waals surface area contributed by atoms with Crippen LogP contribution in [-0.2, 0) is 4.79 Å². The number of anilines is 2. The number of carbonyl (C=O) groups excluding carboxylic acids is 1. The number of amides is 1. The van der Waals surface area contributed by atoms with Gasteiger partial charge in [0.05, 0.1) is 5.75 Å². The fourth-order valence-electron chi connectivity index (χ4n) is 2.25. The first kappa shape index (κ1) is 15.4. The SMILES string of the molecule is Cc1ccc(NC(=O)CSc2nnc3ccc(N)cn23)c(C)c1. The van der Waals surface area contributed by atoms with E-state index in [-0.39, 0.29) is 11.7 Å². The van der Waals surface area contributed by atoms with E-state index < -0.39 is 0 Å². The van der Waals surface area contributed by atoms with Crippen molar-refractivity contribution in [3.63, 3.8) is 0 Å². The summed E-state index contributed by atoms with van der Waals surface area (Å²) >= 11 is 1.32. The van der Waals surface area contributed by atoms with Gasteiger partial charge < -0.3 is 11.1 Å². The molecule has 6 nitrogen and oxygen atoms in total. The molecule has 3 N–H and O–H groups in total. The second-order valence-corrected chi connectivity index (χ2v) is 6.27. The van der Waals surface area contributed by atoms with Gasteiger partial charge in [0.25, 0.3) is 0 Å². The summed E-state index contributed by atoms with van der Waals surface area (Å²) < 4.78 is 1.78. The van der Waals surface area contributed by atoms with Crippen LogP contribution in [0.15, 0.2) is 41.7 Å². The standard InChI is InChI=1S/C16H17N5OS/c1-10-3-5-13(11(2)7-10)18-15(22)9-23-16-20-19-14-6-4-12(17)8-21(14)16/h3-8H,9,17H2,1-2H3,(H,18,22). The molecule has 1 amide bonds. The molecule has 7 heteroatoms. The van der Waals surface area contributed by atoms with Gasteiger partial charge in [0.1, 0.15) is 0 Å². The first-order chi connectivity index (χ1) is 11.0. The predicted octanol–water partition coefficient (Wildman–Crippen LogP) is 2.66. The Morgan fingerprint density at radius 2 is 2.09 bits per heavy atom. The molecule has 0 fully saturated rings. The number of thioether (sulfide) groups is 1. The highest BCUT2D eigenvalue weighted by Crippen LogP contribution is 2.20. The van der Waals surface area contributed by atoms with Crippen molar-refractivity contribution in [3.05, 3.63) is 47.7 Å². The van der Waals surface area contributed by atoms with Gasteiger partial charge in [-0.15, -0.1) is 10.2 Å². The third kappa shape index (κ3) is 3.45. The molecule has 3 aromatic rings. The molecular formula is C16H17N5OS. The number of carbonyl (C=O) groups is 1. The lowest BCUT2D eigenvalue weighted by molar-refractivity contribution is -0.113. The summed E-state index contributed by atoms with van der Waals surface area (Å²) in [5.41, 5.74) is 10.1. The van der Waals surface area contributed by atoms with Crippen molar-refractivity contribution in [2.75, 3.05) is 16.8 Å². The number of rotatable bonds is 4. The Morgan fingerprint density at radius 3 is 2.87 bits per heavy atom. The number of benzene rings is 1. The van der Waals surface area contributed by atoms with Crippen molar-refractivity contribution in [1.82, 2.24) is 14.6 Å². The van der Waals surface area contributed by atoms with Crippen LogP contribution in [0.2, 0.25) is 0 Å². The normalized spacial score (nSPS) is 10.9. The van der Waals surface area contributed by atoms with Gasteiger partial charge in [-0.2, -0.15) is 0 Å². The monoisotopic (exact) mass is 327 g/mol. The molecule has 2 heterocycles. The number of nitrogen functional groups attached to an aromatic ring is 1. The van der Waals surface area contributed by atoms with Crippen LogP contribution >= 0.6 is 11.8 Å². The zero-order valence-corrected chi connectivity index (χ0v) is 13.7. The second kappa shape index (κ2) is 6.29. The van der Waals surface area contributed by atoms with Gasteiger partial charge in [0, 0.05) is 17.6 Å². The molecule has 0 spiro atoms. The highest BCUT2D eigenvalue weighted by molar-refractivity contribution is 7.99. The summed E-state index contributed by atoms with van der Waals surface area (Å²) in [7, 11) is 0. The van der Waals surface area contributed by atoms with Gasteiger partial charge >= 0.3 is 0 Å². The Hall–Kier alpha value is -2.54. The first-order valence-corrected chi connectivity index (χ1v) is 8.11. The predicted molar refractivity (Wildman–Crippen MR) is 92.7 cm³/mol. The lowest BCUT2D eigenvalue weighted by atomic mass is 10.1. The summed E-state index contributed by atoms with van der Waals surface area (Å²) in [4.78, 5) is 12.1. The van der Waals surface area contributed by atoms with Crippen LogP contribution in [0.5, 0.6) is 0 Å². The molecule has 0 saturated carbocycles. The maximum absolute atomic E-state index is 12.1. The maximum Gasteiger partial charge on any atom is 0.234 e. The average molecular weight is 327 g/mol. The fraction of sp³-hybridized carbons (Fsp3) is 0.188. The quantitative estimate of drug-likeness (QED) is 0.720. The molecule has 1 aromatic carbocycles. The van der Waals surface area contributed by atoms with E-state index >= 15 is 0 Å². The average Bonchev–Trinajstić information content (AvgIpc) is 2.90. The van der Waals surface area contributed by atoms with E-state index in [0.29, 0.717) is 16.5 Å². The summed E-state index contributed by atoms with van der Waals surface area (Å²) in [6.45, 7) is 4.00. The molecular weight excluding hydrogens is 310 g/mol. The highest BCUT2D eigenvalue weighted by Gasteiger charge is 2.10. The van der Waals surface area contributed by atoms with E-state index in [0.717, 1.165) is 11.3 Å². The molecule has 0 aliphatic heterocycles. The number of fused-ring (bicyclic) bond motifs is 1. The number of hydrogen-bond donors (Lipinski definition) is 2. The van der Waals surface area contributed by atoms with E-state index in [4.69, 9.17) is 5.73 Å². The van der Waals surface area contributed by atoms with E-state index in [9.17, 15) is 4.79 Å². The third-order valence-electron chi connectivity index (χ3n) is 3.38. The lowest BCUT2D eigenvalue weighted by Gasteiger charge is -2.08. The Morgan fingerprint density at radius 1 is 1.26 bits per heavy atom. The summed E-state index contributed by atoms with van der Waals surface area (Å²) in [5, 5.41) is 11.7. The lowest BCUT2D eigenvalue weighted by Crippen LogP contribution is -2.15. The molecule has 0 aliphatic carbocycles. The van der Waals surface area contributed by atoms with Crippen LogP contribution in [0.3, 0.4) is 0 Å². The maximum atomic E-state index is 12.1. The zero-order valence-electron chi connectivity index (χ0n) is 12.9. The number of hydrogen-bond acceptors (Lipinski definition) is 5. The number of aryl methyl sites for hydroxylation is 2. The van der Waals surface area contributed by atoms with Gasteiger partial charge in [-0.25, -0.2) is 0 Å². The number of aromatic nitrogens is 3. The van der Waals surface area contributed by atoms with Crippen LogP contribution in [0.25, 0.3) is 5.65 Å².